The van der Waals surface area contributed by atoms with E-state index < -0.39 is 0 Å². The topological polar surface area (TPSA) is 59.2 Å². The summed E-state index contributed by atoms with van der Waals surface area (Å²) in [5, 5.41) is 5.07. The Hall–Kier alpha value is -2.69. The minimum atomic E-state index is 0.0905. The first-order valence-electron chi connectivity index (χ1n) is 10.4. The maximum absolute atomic E-state index is 13.5. The normalized spacial score (nSPS) is 17.7. The summed E-state index contributed by atoms with van der Waals surface area (Å²) in [6.45, 7) is 3.71. The number of rotatable bonds is 3. The maximum atomic E-state index is 13.5. The van der Waals surface area contributed by atoms with Crippen LogP contribution < -0.4 is 0 Å². The number of fused-ring (bicyclic) bond motifs is 1. The van der Waals surface area contributed by atoms with Gasteiger partial charge < -0.3 is 9.42 Å². The van der Waals surface area contributed by atoms with Gasteiger partial charge in [-0.1, -0.05) is 47.8 Å². The van der Waals surface area contributed by atoms with E-state index in [1.807, 2.05) is 23.1 Å². The molecule has 2 aromatic heterocycles. The third-order valence-corrected chi connectivity index (χ3v) is 5.91. The van der Waals surface area contributed by atoms with Crippen molar-refractivity contribution in [2.24, 2.45) is 0 Å². The number of hydrogen-bond acceptors (Lipinski definition) is 4. The first-order valence-corrected chi connectivity index (χ1v) is 10.4. The van der Waals surface area contributed by atoms with E-state index in [1.54, 1.807) is 0 Å². The summed E-state index contributed by atoms with van der Waals surface area (Å²) in [5.74, 6) is 0.542. The lowest BCUT2D eigenvalue weighted by Gasteiger charge is -2.21. The van der Waals surface area contributed by atoms with Gasteiger partial charge in [0.1, 0.15) is 5.69 Å². The molecule has 3 aromatic rings. The third kappa shape index (κ3) is 3.19. The first-order chi connectivity index (χ1) is 13.7. The molecule has 2 aliphatic rings. The summed E-state index contributed by atoms with van der Waals surface area (Å²) >= 11 is 0. The van der Waals surface area contributed by atoms with Crippen LogP contribution in [-0.2, 0) is 0 Å². The van der Waals surface area contributed by atoms with Crippen molar-refractivity contribution in [2.45, 2.75) is 51.4 Å². The van der Waals surface area contributed by atoms with E-state index in [1.165, 1.54) is 18.4 Å². The molecule has 28 heavy (non-hydrogen) atoms. The second-order valence-corrected chi connectivity index (χ2v) is 8.15. The SMILES string of the molecule is Cc1ccc(-c2noc3nc(C4CC4)cc(C(=O)N4CCCCCC4)c23)cc1. The molecule has 0 radical (unpaired) electrons. The second kappa shape index (κ2) is 7.04. The smallest absolute Gasteiger partial charge is 0.259 e. The van der Waals surface area contributed by atoms with Crippen molar-refractivity contribution >= 4 is 17.0 Å². The molecule has 0 N–H and O–H groups in total. The molecule has 0 bridgehead atoms. The van der Waals surface area contributed by atoms with Crippen molar-refractivity contribution in [3.63, 3.8) is 0 Å². The van der Waals surface area contributed by atoms with Gasteiger partial charge in [-0.2, -0.15) is 0 Å². The number of aryl methyl sites for hydroxylation is 1. The number of benzene rings is 1. The van der Waals surface area contributed by atoms with Crippen molar-refractivity contribution < 1.29 is 9.32 Å². The van der Waals surface area contributed by atoms with Gasteiger partial charge in [-0.15, -0.1) is 0 Å². The Morgan fingerprint density at radius 2 is 1.79 bits per heavy atom. The van der Waals surface area contributed by atoms with Gasteiger partial charge in [0, 0.05) is 30.3 Å². The van der Waals surface area contributed by atoms with E-state index in [-0.39, 0.29) is 5.91 Å². The van der Waals surface area contributed by atoms with Crippen LogP contribution in [0.25, 0.3) is 22.4 Å². The summed E-state index contributed by atoms with van der Waals surface area (Å²) < 4.78 is 5.62. The number of aromatic nitrogens is 2. The lowest BCUT2D eigenvalue weighted by molar-refractivity contribution is 0.0763. The molecule has 1 saturated heterocycles. The Bertz CT molecular complexity index is 1010. The molecule has 1 amide bonds. The average molecular weight is 375 g/mol. The number of carbonyl (C=O) groups is 1. The summed E-state index contributed by atoms with van der Waals surface area (Å²) in [6, 6.07) is 10.2. The molecule has 3 heterocycles. The minimum absolute atomic E-state index is 0.0905. The Kier molecular flexibility index (Phi) is 4.38. The number of amides is 1. The molecule has 1 aliphatic heterocycles. The van der Waals surface area contributed by atoms with E-state index in [9.17, 15) is 4.79 Å². The van der Waals surface area contributed by atoms with Crippen LogP contribution in [0.1, 0.15) is 66.1 Å². The van der Waals surface area contributed by atoms with Crippen LogP contribution in [0, 0.1) is 6.92 Å². The van der Waals surface area contributed by atoms with Gasteiger partial charge in [-0.25, -0.2) is 4.98 Å². The van der Waals surface area contributed by atoms with Crippen LogP contribution in [0.4, 0.5) is 0 Å². The fourth-order valence-electron chi connectivity index (χ4n) is 4.08. The van der Waals surface area contributed by atoms with Crippen LogP contribution in [0.3, 0.4) is 0 Å². The zero-order valence-corrected chi connectivity index (χ0v) is 16.3. The van der Waals surface area contributed by atoms with Crippen LogP contribution in [0.2, 0.25) is 0 Å². The summed E-state index contributed by atoms with van der Waals surface area (Å²) in [6.07, 6.45) is 6.81. The number of likely N-dealkylation sites (tertiary alicyclic amines) is 1. The Labute approximate surface area is 164 Å². The highest BCUT2D eigenvalue weighted by molar-refractivity contribution is 6.09. The molecule has 5 rings (SSSR count). The predicted molar refractivity (Wildman–Crippen MR) is 108 cm³/mol. The molecular formula is C23H25N3O2. The third-order valence-electron chi connectivity index (χ3n) is 5.91. The lowest BCUT2D eigenvalue weighted by atomic mass is 10.0. The molecule has 5 heteroatoms. The van der Waals surface area contributed by atoms with Gasteiger partial charge in [0.25, 0.3) is 11.6 Å². The van der Waals surface area contributed by atoms with Gasteiger partial charge in [-0.05, 0) is 38.7 Å². The van der Waals surface area contributed by atoms with E-state index in [2.05, 4.69) is 24.2 Å². The molecule has 0 atom stereocenters. The average Bonchev–Trinajstić information content (AvgIpc) is 3.52. The van der Waals surface area contributed by atoms with Crippen molar-refractivity contribution in [3.05, 3.63) is 47.2 Å². The fraction of sp³-hybridized carbons (Fsp3) is 0.435. The molecule has 0 unspecified atom stereocenters. The van der Waals surface area contributed by atoms with Crippen LogP contribution in [0.15, 0.2) is 34.9 Å². The maximum Gasteiger partial charge on any atom is 0.259 e. The summed E-state index contributed by atoms with van der Waals surface area (Å²) in [5.41, 5.74) is 5.01. The molecule has 5 nitrogen and oxygen atoms in total. The van der Waals surface area contributed by atoms with Crippen LogP contribution >= 0.6 is 0 Å². The zero-order chi connectivity index (χ0) is 19.1. The quantitative estimate of drug-likeness (QED) is 0.640. The molecule has 0 spiro atoms. The summed E-state index contributed by atoms with van der Waals surface area (Å²) in [4.78, 5) is 20.2. The number of pyridine rings is 1. The molecule has 2 fully saturated rings. The lowest BCUT2D eigenvalue weighted by Crippen LogP contribution is -2.32. The highest BCUT2D eigenvalue weighted by Crippen LogP contribution is 2.41. The van der Waals surface area contributed by atoms with Crippen molar-refractivity contribution in [2.75, 3.05) is 13.1 Å². The van der Waals surface area contributed by atoms with Crippen molar-refractivity contribution in [3.8, 4) is 11.3 Å². The summed E-state index contributed by atoms with van der Waals surface area (Å²) in [7, 11) is 0. The highest BCUT2D eigenvalue weighted by Gasteiger charge is 2.30. The Balaban J connectivity index is 1.65. The Morgan fingerprint density at radius 3 is 2.46 bits per heavy atom. The van der Waals surface area contributed by atoms with E-state index >= 15 is 0 Å². The predicted octanol–water partition coefficient (Wildman–Crippen LogP) is 5.09. The minimum Gasteiger partial charge on any atom is -0.339 e. The van der Waals surface area contributed by atoms with Crippen LogP contribution in [-0.4, -0.2) is 34.0 Å². The van der Waals surface area contributed by atoms with Gasteiger partial charge in [0.2, 0.25) is 0 Å². The number of hydrogen-bond donors (Lipinski definition) is 0. The highest BCUT2D eigenvalue weighted by atomic mass is 16.5. The largest absolute Gasteiger partial charge is 0.339 e. The monoisotopic (exact) mass is 375 g/mol. The first kappa shape index (κ1) is 17.4. The van der Waals surface area contributed by atoms with E-state index in [4.69, 9.17) is 9.51 Å². The molecular weight excluding hydrogens is 350 g/mol. The van der Waals surface area contributed by atoms with Crippen molar-refractivity contribution in [1.29, 1.82) is 0 Å². The standard InChI is InChI=1S/C23H25N3O2/c1-15-6-8-17(9-7-15)21-20-18(23(27)26-12-4-2-3-5-13-26)14-19(16-10-11-16)24-22(20)28-25-21/h6-9,14,16H,2-5,10-13H2,1H3. The molecule has 1 aromatic carbocycles. The molecule has 1 saturated carbocycles. The number of carbonyl (C=O) groups excluding carboxylic acids is 1. The molecule has 1 aliphatic carbocycles. The van der Waals surface area contributed by atoms with Gasteiger partial charge in [0.05, 0.1) is 10.9 Å². The van der Waals surface area contributed by atoms with Gasteiger partial charge in [0.15, 0.2) is 0 Å². The Morgan fingerprint density at radius 1 is 1.07 bits per heavy atom. The fourth-order valence-corrected chi connectivity index (χ4v) is 4.08. The zero-order valence-electron chi connectivity index (χ0n) is 16.3. The molecule has 144 valence electrons. The van der Waals surface area contributed by atoms with E-state index in [0.717, 1.165) is 55.4 Å². The van der Waals surface area contributed by atoms with Gasteiger partial charge >= 0.3 is 0 Å². The van der Waals surface area contributed by atoms with Gasteiger partial charge in [-0.3, -0.25) is 4.79 Å². The van der Waals surface area contributed by atoms with Crippen molar-refractivity contribution in [1.82, 2.24) is 15.0 Å². The second-order valence-electron chi connectivity index (χ2n) is 8.15. The number of nitrogens with zero attached hydrogens (tertiary/aromatic N) is 3. The van der Waals surface area contributed by atoms with Crippen LogP contribution in [0.5, 0.6) is 0 Å². The van der Waals surface area contributed by atoms with E-state index in [0.29, 0.717) is 22.9 Å².